The van der Waals surface area contributed by atoms with Crippen molar-refractivity contribution < 1.29 is 37.6 Å². The Labute approximate surface area is 312 Å². The summed E-state index contributed by atoms with van der Waals surface area (Å²) in [6, 6.07) is 0. The van der Waals surface area contributed by atoms with Crippen molar-refractivity contribution in [2.45, 2.75) is 187 Å². The van der Waals surface area contributed by atoms with Gasteiger partial charge in [0.2, 0.25) is 0 Å². The van der Waals surface area contributed by atoms with E-state index in [4.69, 9.17) is 24.3 Å². The lowest BCUT2D eigenvalue weighted by molar-refractivity contribution is -0.161. The summed E-state index contributed by atoms with van der Waals surface area (Å²) in [4.78, 5) is 34.7. The number of nitrogens with two attached hydrogens (primary N) is 1. The fourth-order valence-electron chi connectivity index (χ4n) is 5.47. The highest BCUT2D eigenvalue weighted by atomic mass is 31.2. The summed E-state index contributed by atoms with van der Waals surface area (Å²) in [6.07, 6.45) is 40.4. The van der Waals surface area contributed by atoms with Crippen molar-refractivity contribution in [3.63, 3.8) is 0 Å². The van der Waals surface area contributed by atoms with Gasteiger partial charge in [-0.3, -0.25) is 18.6 Å². The zero-order chi connectivity index (χ0) is 37.5. The normalized spacial score (nSPS) is 13.7. The first kappa shape index (κ1) is 49.2. The van der Waals surface area contributed by atoms with Crippen LogP contribution in [0.1, 0.15) is 181 Å². The van der Waals surface area contributed by atoms with Gasteiger partial charge in [0.1, 0.15) is 6.61 Å². The first-order valence-corrected chi connectivity index (χ1v) is 22.0. The summed E-state index contributed by atoms with van der Waals surface area (Å²) < 4.78 is 32.6. The number of carbonyl (C=O) groups is 2. The van der Waals surface area contributed by atoms with E-state index in [1.165, 1.54) is 103 Å². The summed E-state index contributed by atoms with van der Waals surface area (Å²) in [7, 11) is -4.38. The van der Waals surface area contributed by atoms with Crippen LogP contribution in [0.2, 0.25) is 0 Å². The van der Waals surface area contributed by atoms with Crippen LogP contribution in [0, 0.1) is 0 Å². The zero-order valence-corrected chi connectivity index (χ0v) is 33.5. The molecule has 9 nitrogen and oxygen atoms in total. The molecule has 3 N–H and O–H groups in total. The molecule has 0 amide bonds. The number of hydrogen-bond donors (Lipinski definition) is 2. The minimum absolute atomic E-state index is 0.0462. The monoisotopic (exact) mass is 742 g/mol. The van der Waals surface area contributed by atoms with Gasteiger partial charge in [0.25, 0.3) is 0 Å². The summed E-state index contributed by atoms with van der Waals surface area (Å²) >= 11 is 0. The average Bonchev–Trinajstić information content (AvgIpc) is 3.11. The maximum absolute atomic E-state index is 12.5. The van der Waals surface area contributed by atoms with E-state index in [1.54, 1.807) is 0 Å². The van der Waals surface area contributed by atoms with Crippen molar-refractivity contribution in [2.24, 2.45) is 5.73 Å². The van der Waals surface area contributed by atoms with Crippen LogP contribution in [0.5, 0.6) is 0 Å². The maximum Gasteiger partial charge on any atom is 0.472 e. The molecule has 0 fully saturated rings. The molecule has 0 aliphatic heterocycles. The third-order valence-corrected chi connectivity index (χ3v) is 9.51. The lowest BCUT2D eigenvalue weighted by Crippen LogP contribution is -2.29. The smallest absolute Gasteiger partial charge is 0.462 e. The minimum Gasteiger partial charge on any atom is -0.462 e. The van der Waals surface area contributed by atoms with Gasteiger partial charge in [-0.15, -0.1) is 0 Å². The number of rotatable bonds is 38. The number of ether oxygens (including phenoxy) is 2. The zero-order valence-electron chi connectivity index (χ0n) is 32.6. The van der Waals surface area contributed by atoms with E-state index in [-0.39, 0.29) is 32.6 Å². The van der Waals surface area contributed by atoms with Crippen LogP contribution < -0.4 is 5.73 Å². The van der Waals surface area contributed by atoms with Gasteiger partial charge in [-0.2, -0.15) is 0 Å². The van der Waals surface area contributed by atoms with Crippen LogP contribution in [-0.4, -0.2) is 49.3 Å². The van der Waals surface area contributed by atoms with E-state index in [2.05, 4.69) is 44.2 Å². The quantitative estimate of drug-likeness (QED) is 0.0274. The summed E-state index contributed by atoms with van der Waals surface area (Å²) in [6.45, 7) is 3.66. The van der Waals surface area contributed by atoms with Gasteiger partial charge >= 0.3 is 19.8 Å². The van der Waals surface area contributed by atoms with E-state index < -0.39 is 32.5 Å². The number of esters is 2. The molecule has 2 unspecified atom stereocenters. The van der Waals surface area contributed by atoms with Gasteiger partial charge in [-0.05, 0) is 44.9 Å². The predicted octanol–water partition coefficient (Wildman–Crippen LogP) is 11.4. The standard InChI is InChI=1S/C41H76NO8P/c1-3-5-7-9-11-13-15-17-18-19-20-22-24-26-28-30-32-34-41(44)50-39(38-49-51(45,46)48-36-35-42)37-47-40(43)33-31-29-27-25-23-21-16-14-12-10-8-6-4-2/h17-18,20,22,26,28,39H,3-16,19,21,23-25,27,29-38,42H2,1-2H3,(H,45,46). The Morgan fingerprint density at radius 1 is 0.588 bits per heavy atom. The maximum atomic E-state index is 12.5. The van der Waals surface area contributed by atoms with Crippen molar-refractivity contribution in [1.82, 2.24) is 0 Å². The molecule has 0 heterocycles. The average molecular weight is 742 g/mol. The lowest BCUT2D eigenvalue weighted by Gasteiger charge is -2.19. The molecule has 0 rings (SSSR count). The number of hydrogen-bond acceptors (Lipinski definition) is 8. The van der Waals surface area contributed by atoms with Gasteiger partial charge in [0, 0.05) is 19.4 Å². The van der Waals surface area contributed by atoms with Crippen molar-refractivity contribution in [1.29, 1.82) is 0 Å². The second-order valence-corrected chi connectivity index (χ2v) is 15.0. The number of unbranched alkanes of at least 4 members (excludes halogenated alkanes) is 19. The third kappa shape index (κ3) is 37.8. The molecule has 2 atom stereocenters. The van der Waals surface area contributed by atoms with Gasteiger partial charge in [0.05, 0.1) is 13.2 Å². The molecule has 0 saturated carbocycles. The van der Waals surface area contributed by atoms with Crippen molar-refractivity contribution in [3.05, 3.63) is 36.5 Å². The van der Waals surface area contributed by atoms with Gasteiger partial charge in [-0.25, -0.2) is 4.57 Å². The molecular formula is C41H76NO8P. The Kier molecular flexibility index (Phi) is 36.7. The molecule has 51 heavy (non-hydrogen) atoms. The van der Waals surface area contributed by atoms with E-state index in [1.807, 2.05) is 6.08 Å². The summed E-state index contributed by atoms with van der Waals surface area (Å²) in [5.41, 5.74) is 5.33. The summed E-state index contributed by atoms with van der Waals surface area (Å²) in [5, 5.41) is 0. The lowest BCUT2D eigenvalue weighted by atomic mass is 10.0. The highest BCUT2D eigenvalue weighted by Crippen LogP contribution is 2.43. The Morgan fingerprint density at radius 2 is 1.04 bits per heavy atom. The Balaban J connectivity index is 4.27. The Hall–Kier alpha value is -1.77. The molecule has 0 saturated heterocycles. The van der Waals surface area contributed by atoms with Crippen LogP contribution in [0.3, 0.4) is 0 Å². The van der Waals surface area contributed by atoms with E-state index in [9.17, 15) is 19.0 Å². The number of allylic oxidation sites excluding steroid dienone is 6. The topological polar surface area (TPSA) is 134 Å². The fourth-order valence-corrected chi connectivity index (χ4v) is 6.24. The minimum atomic E-state index is -4.38. The molecule has 0 aliphatic carbocycles. The molecule has 0 aromatic rings. The van der Waals surface area contributed by atoms with E-state index in [0.717, 1.165) is 44.9 Å². The number of phosphoric ester groups is 1. The molecule has 0 aromatic heterocycles. The van der Waals surface area contributed by atoms with Gasteiger partial charge in [-0.1, -0.05) is 159 Å². The second-order valence-electron chi connectivity index (χ2n) is 13.5. The summed E-state index contributed by atoms with van der Waals surface area (Å²) in [5.74, 6) is -0.887. The predicted molar refractivity (Wildman–Crippen MR) is 210 cm³/mol. The van der Waals surface area contributed by atoms with Crippen molar-refractivity contribution in [2.75, 3.05) is 26.4 Å². The third-order valence-electron chi connectivity index (χ3n) is 8.53. The van der Waals surface area contributed by atoms with Crippen LogP contribution >= 0.6 is 7.82 Å². The second kappa shape index (κ2) is 38.0. The van der Waals surface area contributed by atoms with Crippen LogP contribution in [0.15, 0.2) is 36.5 Å². The largest absolute Gasteiger partial charge is 0.472 e. The fraction of sp³-hybridized carbons (Fsp3) is 0.805. The first-order chi connectivity index (χ1) is 24.8. The van der Waals surface area contributed by atoms with Crippen LogP contribution in [0.25, 0.3) is 0 Å². The molecule has 0 bridgehead atoms. The molecule has 0 aliphatic rings. The SMILES string of the molecule is CCCCCCCCC=CCC=CCC=CCCCC(=O)OC(COC(=O)CCCCCCCCCCCCCCC)COP(=O)(O)OCCN. The van der Waals surface area contributed by atoms with Crippen LogP contribution in [0.4, 0.5) is 0 Å². The Morgan fingerprint density at radius 3 is 1.57 bits per heavy atom. The molecule has 10 heteroatoms. The number of phosphoric acid groups is 1. The highest BCUT2D eigenvalue weighted by Gasteiger charge is 2.25. The van der Waals surface area contributed by atoms with Gasteiger partial charge < -0.3 is 20.1 Å². The molecular weight excluding hydrogens is 665 g/mol. The van der Waals surface area contributed by atoms with E-state index >= 15 is 0 Å². The Bertz CT molecular complexity index is 939. The molecule has 0 radical (unpaired) electrons. The highest BCUT2D eigenvalue weighted by molar-refractivity contribution is 7.47. The number of carbonyl (C=O) groups excluding carboxylic acids is 2. The van der Waals surface area contributed by atoms with Crippen LogP contribution in [-0.2, 0) is 32.7 Å². The van der Waals surface area contributed by atoms with Crippen molar-refractivity contribution >= 4 is 19.8 Å². The van der Waals surface area contributed by atoms with E-state index in [0.29, 0.717) is 6.42 Å². The van der Waals surface area contributed by atoms with Gasteiger partial charge in [0.15, 0.2) is 6.10 Å². The molecule has 0 aromatic carbocycles. The van der Waals surface area contributed by atoms with Crippen molar-refractivity contribution in [3.8, 4) is 0 Å². The molecule has 298 valence electrons. The molecule has 0 spiro atoms. The first-order valence-electron chi connectivity index (χ1n) is 20.5.